The molecule has 0 heterocycles. The Morgan fingerprint density at radius 1 is 1.00 bits per heavy atom. The Kier molecular flexibility index (Phi) is 8.65. The van der Waals surface area contributed by atoms with E-state index in [1.165, 1.54) is 46.5 Å². The average molecular weight is 507 g/mol. The van der Waals surface area contributed by atoms with E-state index in [4.69, 9.17) is 19.3 Å². The molecule has 0 spiro atoms. The maximum absolute atomic E-state index is 13.0. The van der Waals surface area contributed by atoms with Gasteiger partial charge in [0, 0.05) is 10.0 Å². The van der Waals surface area contributed by atoms with Crippen LogP contribution in [-0.4, -0.2) is 50.3 Å². The van der Waals surface area contributed by atoms with Gasteiger partial charge in [-0.3, -0.25) is 14.4 Å². The predicted octanol–water partition coefficient (Wildman–Crippen LogP) is 2.84. The standard InChI is InChI=1S/C22H23BrN2O7/c1-12(22(28)29)24-21(27)16(9-13-5-7-15(23)8-6-13)25-20(26)14-10-17(30-2)19(32-4)18(11-14)31-3/h5-12H,1-4H3,(H,24,27)(H,25,26)(H,28,29)/b16-9+. The molecule has 0 saturated heterocycles. The van der Waals surface area contributed by atoms with E-state index in [1.807, 2.05) is 0 Å². The second-order valence-corrected chi connectivity index (χ2v) is 7.43. The third-order valence-corrected chi connectivity index (χ3v) is 4.85. The summed E-state index contributed by atoms with van der Waals surface area (Å²) in [7, 11) is 4.27. The number of methoxy groups -OCH3 is 3. The number of hydrogen-bond donors (Lipinski definition) is 3. The summed E-state index contributed by atoms with van der Waals surface area (Å²) < 4.78 is 16.6. The van der Waals surface area contributed by atoms with Crippen LogP contribution in [0.3, 0.4) is 0 Å². The molecule has 0 radical (unpaired) electrons. The van der Waals surface area contributed by atoms with E-state index < -0.39 is 23.8 Å². The highest BCUT2D eigenvalue weighted by molar-refractivity contribution is 9.10. The summed E-state index contributed by atoms with van der Waals surface area (Å²) in [6.45, 7) is 1.32. The van der Waals surface area contributed by atoms with Gasteiger partial charge in [0.2, 0.25) is 5.75 Å². The molecule has 0 fully saturated rings. The molecule has 0 saturated carbocycles. The average Bonchev–Trinajstić information content (AvgIpc) is 2.78. The van der Waals surface area contributed by atoms with Crippen molar-refractivity contribution < 1.29 is 33.7 Å². The van der Waals surface area contributed by atoms with Crippen LogP contribution in [0.25, 0.3) is 6.08 Å². The normalized spacial score (nSPS) is 11.8. The summed E-state index contributed by atoms with van der Waals surface area (Å²) in [5.74, 6) is -1.77. The number of aliphatic carboxylic acids is 1. The van der Waals surface area contributed by atoms with Crippen LogP contribution in [0.4, 0.5) is 0 Å². The summed E-state index contributed by atoms with van der Waals surface area (Å²) in [6, 6.07) is 8.70. The van der Waals surface area contributed by atoms with Crippen LogP contribution in [0.2, 0.25) is 0 Å². The number of carbonyl (C=O) groups excluding carboxylic acids is 2. The Hall–Kier alpha value is -3.53. The molecule has 0 aliphatic carbocycles. The first-order valence-electron chi connectivity index (χ1n) is 9.32. The van der Waals surface area contributed by atoms with Crippen LogP contribution in [0.5, 0.6) is 17.2 Å². The fraction of sp³-hybridized carbons (Fsp3) is 0.227. The fourth-order valence-electron chi connectivity index (χ4n) is 2.63. The van der Waals surface area contributed by atoms with Crippen molar-refractivity contribution in [2.24, 2.45) is 0 Å². The van der Waals surface area contributed by atoms with Crippen molar-refractivity contribution in [2.75, 3.05) is 21.3 Å². The lowest BCUT2D eigenvalue weighted by Crippen LogP contribution is -2.42. The molecule has 0 bridgehead atoms. The van der Waals surface area contributed by atoms with Crippen LogP contribution in [0.15, 0.2) is 46.6 Å². The number of hydrogen-bond acceptors (Lipinski definition) is 6. The summed E-state index contributed by atoms with van der Waals surface area (Å²) in [6.07, 6.45) is 1.44. The first-order chi connectivity index (χ1) is 15.2. The quantitative estimate of drug-likeness (QED) is 0.446. The summed E-state index contributed by atoms with van der Waals surface area (Å²) in [5, 5.41) is 14.0. The van der Waals surface area contributed by atoms with Crippen LogP contribution in [-0.2, 0) is 9.59 Å². The molecule has 170 valence electrons. The first-order valence-corrected chi connectivity index (χ1v) is 10.1. The molecule has 2 aromatic carbocycles. The molecule has 3 N–H and O–H groups in total. The van der Waals surface area contributed by atoms with Crippen LogP contribution in [0, 0.1) is 0 Å². The highest BCUT2D eigenvalue weighted by atomic mass is 79.9. The summed E-state index contributed by atoms with van der Waals surface area (Å²) in [5.41, 5.74) is 0.617. The molecule has 0 aliphatic rings. The predicted molar refractivity (Wildman–Crippen MR) is 121 cm³/mol. The van der Waals surface area contributed by atoms with Gasteiger partial charge in [-0.15, -0.1) is 0 Å². The van der Waals surface area contributed by atoms with Crippen molar-refractivity contribution in [1.29, 1.82) is 0 Å². The van der Waals surface area contributed by atoms with Gasteiger partial charge >= 0.3 is 5.97 Å². The van der Waals surface area contributed by atoms with Gasteiger partial charge in [-0.05, 0) is 42.8 Å². The molecular weight excluding hydrogens is 484 g/mol. The van der Waals surface area contributed by atoms with Crippen molar-refractivity contribution in [1.82, 2.24) is 10.6 Å². The van der Waals surface area contributed by atoms with Gasteiger partial charge in [0.1, 0.15) is 11.7 Å². The SMILES string of the molecule is COc1cc(C(=O)N/C(=C/c2ccc(Br)cc2)C(=O)NC(C)C(=O)O)cc(OC)c1OC. The van der Waals surface area contributed by atoms with Crippen molar-refractivity contribution in [3.8, 4) is 17.2 Å². The minimum atomic E-state index is -1.21. The number of carboxylic acids is 1. The van der Waals surface area contributed by atoms with Crippen LogP contribution < -0.4 is 24.8 Å². The maximum Gasteiger partial charge on any atom is 0.325 e. The molecule has 2 amide bonds. The number of nitrogens with one attached hydrogen (secondary N) is 2. The van der Waals surface area contributed by atoms with E-state index in [0.717, 1.165) is 4.47 Å². The Bertz CT molecular complexity index is 1010. The van der Waals surface area contributed by atoms with Gasteiger partial charge in [-0.2, -0.15) is 0 Å². The number of carboxylic acid groups (broad SMARTS) is 1. The number of halogens is 1. The van der Waals surface area contributed by atoms with Crippen molar-refractivity contribution in [2.45, 2.75) is 13.0 Å². The molecule has 32 heavy (non-hydrogen) atoms. The van der Waals surface area contributed by atoms with Gasteiger partial charge in [-0.1, -0.05) is 28.1 Å². The lowest BCUT2D eigenvalue weighted by Gasteiger charge is -2.16. The molecule has 1 unspecified atom stereocenters. The second kappa shape index (κ2) is 11.2. The molecule has 0 aromatic heterocycles. The highest BCUT2D eigenvalue weighted by Gasteiger charge is 2.22. The number of benzene rings is 2. The smallest absolute Gasteiger partial charge is 0.325 e. The van der Waals surface area contributed by atoms with Gasteiger partial charge in [0.15, 0.2) is 11.5 Å². The fourth-order valence-corrected chi connectivity index (χ4v) is 2.89. The van der Waals surface area contributed by atoms with E-state index in [0.29, 0.717) is 11.3 Å². The monoisotopic (exact) mass is 506 g/mol. The highest BCUT2D eigenvalue weighted by Crippen LogP contribution is 2.38. The van der Waals surface area contributed by atoms with Gasteiger partial charge in [0.05, 0.1) is 21.3 Å². The number of carbonyl (C=O) groups is 3. The zero-order valence-electron chi connectivity index (χ0n) is 17.9. The van der Waals surface area contributed by atoms with Crippen molar-refractivity contribution in [3.05, 3.63) is 57.7 Å². The summed E-state index contributed by atoms with van der Waals surface area (Å²) >= 11 is 3.33. The second-order valence-electron chi connectivity index (χ2n) is 6.51. The lowest BCUT2D eigenvalue weighted by molar-refractivity contribution is -0.140. The zero-order valence-corrected chi connectivity index (χ0v) is 19.5. The minimum absolute atomic E-state index is 0.139. The van der Waals surface area contributed by atoms with E-state index >= 15 is 0 Å². The number of amides is 2. The third kappa shape index (κ3) is 6.24. The first kappa shape index (κ1) is 24.7. The van der Waals surface area contributed by atoms with E-state index in [9.17, 15) is 14.4 Å². The topological polar surface area (TPSA) is 123 Å². The Morgan fingerprint density at radius 3 is 2.03 bits per heavy atom. The van der Waals surface area contributed by atoms with Crippen molar-refractivity contribution >= 4 is 39.8 Å². The van der Waals surface area contributed by atoms with Crippen LogP contribution >= 0.6 is 15.9 Å². The Morgan fingerprint density at radius 2 is 1.56 bits per heavy atom. The number of ether oxygens (including phenoxy) is 3. The Labute approximate surface area is 193 Å². The summed E-state index contributed by atoms with van der Waals surface area (Å²) in [4.78, 5) is 36.8. The largest absolute Gasteiger partial charge is 0.493 e. The molecule has 2 aromatic rings. The third-order valence-electron chi connectivity index (χ3n) is 4.32. The minimum Gasteiger partial charge on any atom is -0.493 e. The Balaban J connectivity index is 2.42. The van der Waals surface area contributed by atoms with Crippen molar-refractivity contribution in [3.63, 3.8) is 0 Å². The molecule has 9 nitrogen and oxygen atoms in total. The maximum atomic E-state index is 13.0. The molecule has 2 rings (SSSR count). The van der Waals surface area contributed by atoms with E-state index in [2.05, 4.69) is 26.6 Å². The molecule has 0 aliphatic heterocycles. The zero-order chi connectivity index (χ0) is 23.8. The van der Waals surface area contributed by atoms with Crippen LogP contribution in [0.1, 0.15) is 22.8 Å². The molecule has 10 heteroatoms. The van der Waals surface area contributed by atoms with Gasteiger partial charge < -0.3 is 30.0 Å². The van der Waals surface area contributed by atoms with Gasteiger partial charge in [0.25, 0.3) is 11.8 Å². The molecule has 1 atom stereocenters. The molecular formula is C22H23BrN2O7. The van der Waals surface area contributed by atoms with E-state index in [1.54, 1.807) is 24.3 Å². The van der Waals surface area contributed by atoms with E-state index in [-0.39, 0.29) is 22.8 Å². The van der Waals surface area contributed by atoms with Gasteiger partial charge in [-0.25, -0.2) is 0 Å². The lowest BCUT2D eigenvalue weighted by atomic mass is 10.1. The number of rotatable bonds is 9.